The molecule has 0 bridgehead atoms. The molecule has 0 saturated heterocycles. The first-order valence-corrected chi connectivity index (χ1v) is 7.64. The van der Waals surface area contributed by atoms with E-state index in [1.165, 1.54) is 4.88 Å². The molecule has 0 fully saturated rings. The minimum atomic E-state index is -0.0636. The first-order chi connectivity index (χ1) is 9.70. The number of carbonyl (C=O) groups excluding carboxylic acids is 1. The molecule has 6 heteroatoms. The molecule has 1 aliphatic heterocycles. The number of rotatable bonds is 3. The predicted octanol–water partition coefficient (Wildman–Crippen LogP) is 2.62. The number of nitrogens with zero attached hydrogens (tertiary/aromatic N) is 1. The number of thiazole rings is 1. The molecule has 1 amide bonds. The van der Waals surface area contributed by atoms with Crippen LogP contribution < -0.4 is 10.6 Å². The van der Waals surface area contributed by atoms with Gasteiger partial charge in [0.25, 0.3) is 0 Å². The topological polar surface area (TPSA) is 54.0 Å². The maximum atomic E-state index is 12.0. The Bertz CT molecular complexity index is 618. The van der Waals surface area contributed by atoms with Gasteiger partial charge < -0.3 is 10.6 Å². The van der Waals surface area contributed by atoms with Crippen molar-refractivity contribution in [1.82, 2.24) is 10.3 Å². The number of fused-ring (bicyclic) bond motifs is 1. The highest BCUT2D eigenvalue weighted by molar-refractivity contribution is 7.15. The minimum absolute atomic E-state index is 0.0636. The fourth-order valence-corrected chi connectivity index (χ4v) is 3.38. The maximum Gasteiger partial charge on any atom is 0.230 e. The van der Waals surface area contributed by atoms with E-state index < -0.39 is 0 Å². The molecule has 2 aromatic rings. The number of benzene rings is 1. The molecule has 0 atom stereocenters. The molecule has 1 aromatic heterocycles. The number of hydrogen-bond acceptors (Lipinski definition) is 4. The highest BCUT2D eigenvalue weighted by Crippen LogP contribution is 2.25. The van der Waals surface area contributed by atoms with Crippen LogP contribution in [0.5, 0.6) is 0 Å². The van der Waals surface area contributed by atoms with E-state index >= 15 is 0 Å². The second-order valence-electron chi connectivity index (χ2n) is 4.67. The number of nitrogens with one attached hydrogen (secondary N) is 2. The van der Waals surface area contributed by atoms with Gasteiger partial charge in [-0.3, -0.25) is 4.79 Å². The van der Waals surface area contributed by atoms with Crippen molar-refractivity contribution in [3.63, 3.8) is 0 Å². The number of hydrogen-bond donors (Lipinski definition) is 2. The SMILES string of the molecule is O=C(Cc1cccc(Cl)c1)Nc1nc2c(s1)CNCC2. The number of aromatic nitrogens is 1. The van der Waals surface area contributed by atoms with Gasteiger partial charge in [0.1, 0.15) is 0 Å². The van der Waals surface area contributed by atoms with Gasteiger partial charge in [-0.05, 0) is 17.7 Å². The van der Waals surface area contributed by atoms with E-state index in [1.54, 1.807) is 23.5 Å². The lowest BCUT2D eigenvalue weighted by atomic mass is 10.1. The van der Waals surface area contributed by atoms with Crippen molar-refractivity contribution in [2.45, 2.75) is 19.4 Å². The normalized spacial score (nSPS) is 13.8. The van der Waals surface area contributed by atoms with Gasteiger partial charge in [-0.1, -0.05) is 23.7 Å². The molecule has 0 radical (unpaired) electrons. The highest BCUT2D eigenvalue weighted by atomic mass is 35.5. The Kier molecular flexibility index (Phi) is 4.00. The fraction of sp³-hybridized carbons (Fsp3) is 0.286. The maximum absolute atomic E-state index is 12.0. The summed E-state index contributed by atoms with van der Waals surface area (Å²) in [7, 11) is 0. The van der Waals surface area contributed by atoms with Gasteiger partial charge in [0.2, 0.25) is 5.91 Å². The Morgan fingerprint density at radius 2 is 2.40 bits per heavy atom. The molecule has 3 rings (SSSR count). The smallest absolute Gasteiger partial charge is 0.230 e. The van der Waals surface area contributed by atoms with Crippen molar-refractivity contribution >= 4 is 34.0 Å². The van der Waals surface area contributed by atoms with Crippen LogP contribution in [-0.2, 0) is 24.2 Å². The van der Waals surface area contributed by atoms with E-state index in [0.29, 0.717) is 16.6 Å². The van der Waals surface area contributed by atoms with E-state index in [4.69, 9.17) is 11.6 Å². The van der Waals surface area contributed by atoms with Crippen LogP contribution in [0, 0.1) is 0 Å². The van der Waals surface area contributed by atoms with Crippen molar-refractivity contribution in [2.75, 3.05) is 11.9 Å². The van der Waals surface area contributed by atoms with Gasteiger partial charge in [-0.25, -0.2) is 4.98 Å². The molecule has 2 heterocycles. The Labute approximate surface area is 126 Å². The third-order valence-corrected chi connectivity index (χ3v) is 4.35. The quantitative estimate of drug-likeness (QED) is 0.916. The molecule has 0 spiro atoms. The Morgan fingerprint density at radius 3 is 3.20 bits per heavy atom. The monoisotopic (exact) mass is 307 g/mol. The molecular weight excluding hydrogens is 294 g/mol. The van der Waals surface area contributed by atoms with E-state index in [0.717, 1.165) is 30.8 Å². The van der Waals surface area contributed by atoms with E-state index in [9.17, 15) is 4.79 Å². The Balaban J connectivity index is 1.65. The summed E-state index contributed by atoms with van der Waals surface area (Å²) in [6.45, 7) is 1.80. The van der Waals surface area contributed by atoms with Crippen molar-refractivity contribution in [3.05, 3.63) is 45.4 Å². The van der Waals surface area contributed by atoms with Gasteiger partial charge in [-0.15, -0.1) is 11.3 Å². The Hall–Kier alpha value is -1.43. The summed E-state index contributed by atoms with van der Waals surface area (Å²) < 4.78 is 0. The zero-order valence-corrected chi connectivity index (χ0v) is 12.4. The summed E-state index contributed by atoms with van der Waals surface area (Å²) in [6, 6.07) is 7.34. The Morgan fingerprint density at radius 1 is 1.50 bits per heavy atom. The molecule has 2 N–H and O–H groups in total. The van der Waals surface area contributed by atoms with Gasteiger partial charge in [0, 0.05) is 29.4 Å². The standard InChI is InChI=1S/C14H14ClN3OS/c15-10-3-1-2-9(6-10)7-13(19)18-14-17-11-4-5-16-8-12(11)20-14/h1-3,6,16H,4-5,7-8H2,(H,17,18,19). The highest BCUT2D eigenvalue weighted by Gasteiger charge is 2.16. The van der Waals surface area contributed by atoms with Crippen LogP contribution in [0.25, 0.3) is 0 Å². The van der Waals surface area contributed by atoms with Gasteiger partial charge in [0.15, 0.2) is 5.13 Å². The van der Waals surface area contributed by atoms with Crippen LogP contribution in [-0.4, -0.2) is 17.4 Å². The van der Waals surface area contributed by atoms with Gasteiger partial charge >= 0.3 is 0 Å². The zero-order chi connectivity index (χ0) is 13.9. The third kappa shape index (κ3) is 3.17. The van der Waals surface area contributed by atoms with E-state index in [2.05, 4.69) is 15.6 Å². The molecule has 20 heavy (non-hydrogen) atoms. The van der Waals surface area contributed by atoms with Crippen LogP contribution in [0.15, 0.2) is 24.3 Å². The molecule has 0 unspecified atom stereocenters. The van der Waals surface area contributed by atoms with Crippen LogP contribution in [0.2, 0.25) is 5.02 Å². The molecule has 104 valence electrons. The third-order valence-electron chi connectivity index (χ3n) is 3.10. The number of carbonyl (C=O) groups is 1. The summed E-state index contributed by atoms with van der Waals surface area (Å²) >= 11 is 7.45. The molecule has 1 aliphatic rings. The van der Waals surface area contributed by atoms with Crippen molar-refractivity contribution in [1.29, 1.82) is 0 Å². The van der Waals surface area contributed by atoms with Crippen LogP contribution in [0.1, 0.15) is 16.1 Å². The van der Waals surface area contributed by atoms with Crippen molar-refractivity contribution in [2.24, 2.45) is 0 Å². The fourth-order valence-electron chi connectivity index (χ4n) is 2.17. The predicted molar refractivity (Wildman–Crippen MR) is 81.3 cm³/mol. The zero-order valence-electron chi connectivity index (χ0n) is 10.8. The number of halogens is 1. The first kappa shape index (κ1) is 13.5. The van der Waals surface area contributed by atoms with Crippen LogP contribution in [0.3, 0.4) is 0 Å². The lowest BCUT2D eigenvalue weighted by Gasteiger charge is -2.09. The molecule has 0 saturated carbocycles. The van der Waals surface area contributed by atoms with Crippen molar-refractivity contribution in [3.8, 4) is 0 Å². The molecule has 4 nitrogen and oxygen atoms in total. The average molecular weight is 308 g/mol. The lowest BCUT2D eigenvalue weighted by molar-refractivity contribution is -0.115. The summed E-state index contributed by atoms with van der Waals surface area (Å²) in [5.74, 6) is -0.0636. The van der Waals surface area contributed by atoms with Crippen LogP contribution in [0.4, 0.5) is 5.13 Å². The second-order valence-corrected chi connectivity index (χ2v) is 6.19. The summed E-state index contributed by atoms with van der Waals surface area (Å²) in [6.07, 6.45) is 1.24. The van der Waals surface area contributed by atoms with Gasteiger partial charge in [-0.2, -0.15) is 0 Å². The largest absolute Gasteiger partial charge is 0.311 e. The van der Waals surface area contributed by atoms with Crippen LogP contribution >= 0.6 is 22.9 Å². The molecular formula is C14H14ClN3OS. The first-order valence-electron chi connectivity index (χ1n) is 6.44. The molecule has 1 aromatic carbocycles. The van der Waals surface area contributed by atoms with E-state index in [-0.39, 0.29) is 5.91 Å². The molecule has 0 aliphatic carbocycles. The number of amides is 1. The summed E-state index contributed by atoms with van der Waals surface area (Å²) in [5, 5.41) is 7.49. The average Bonchev–Trinajstić information content (AvgIpc) is 2.80. The minimum Gasteiger partial charge on any atom is -0.311 e. The second kappa shape index (κ2) is 5.91. The van der Waals surface area contributed by atoms with E-state index in [1.807, 2.05) is 12.1 Å². The summed E-state index contributed by atoms with van der Waals surface area (Å²) in [4.78, 5) is 17.7. The summed E-state index contributed by atoms with van der Waals surface area (Å²) in [5.41, 5.74) is 2.00. The van der Waals surface area contributed by atoms with Gasteiger partial charge in [0.05, 0.1) is 12.1 Å². The number of anilines is 1. The van der Waals surface area contributed by atoms with Crippen molar-refractivity contribution < 1.29 is 4.79 Å². The lowest BCUT2D eigenvalue weighted by Crippen LogP contribution is -2.22.